The van der Waals surface area contributed by atoms with Crippen LogP contribution in [-0.4, -0.2) is 34.3 Å². The molecular weight excluding hydrogens is 212 g/mol. The quantitative estimate of drug-likeness (QED) is 0.822. The summed E-state index contributed by atoms with van der Waals surface area (Å²) in [5.41, 5.74) is 7.47. The van der Waals surface area contributed by atoms with Crippen molar-refractivity contribution in [3.05, 3.63) is 18.0 Å². The summed E-state index contributed by atoms with van der Waals surface area (Å²) in [6, 6.07) is 0.416. The molecule has 1 heterocycles. The maximum atomic E-state index is 6.26. The number of nitrogens with two attached hydrogens (primary N) is 1. The molecule has 2 N–H and O–H groups in total. The molecule has 0 aliphatic heterocycles. The Morgan fingerprint density at radius 3 is 2.53 bits per heavy atom. The van der Waals surface area contributed by atoms with Crippen molar-refractivity contribution in [3.63, 3.8) is 0 Å². The summed E-state index contributed by atoms with van der Waals surface area (Å²) in [5.74, 6) is 0.642. The van der Waals surface area contributed by atoms with Crippen LogP contribution >= 0.6 is 0 Å². The van der Waals surface area contributed by atoms with Gasteiger partial charge in [0.15, 0.2) is 0 Å². The lowest BCUT2D eigenvalue weighted by molar-refractivity contribution is 0.189. The summed E-state index contributed by atoms with van der Waals surface area (Å²) >= 11 is 0. The Kier molecular flexibility index (Phi) is 5.15. The SMILES string of the molecule is CCC(N)C(c1cnn(C)c1)N(C)CC(C)C. The number of rotatable bonds is 6. The first-order valence-corrected chi connectivity index (χ1v) is 6.40. The van der Waals surface area contributed by atoms with Crippen LogP contribution in [0.15, 0.2) is 12.4 Å². The first kappa shape index (κ1) is 14.2. The normalized spacial score (nSPS) is 15.5. The Bertz CT molecular complexity index is 332. The second-order valence-electron chi connectivity index (χ2n) is 5.30. The van der Waals surface area contributed by atoms with Gasteiger partial charge in [0.2, 0.25) is 0 Å². The van der Waals surface area contributed by atoms with Crippen molar-refractivity contribution in [1.29, 1.82) is 0 Å². The molecular formula is C13H26N4. The predicted molar refractivity (Wildman–Crippen MR) is 71.7 cm³/mol. The van der Waals surface area contributed by atoms with Gasteiger partial charge in [-0.15, -0.1) is 0 Å². The third-order valence-corrected chi connectivity index (χ3v) is 3.07. The predicted octanol–water partition coefficient (Wildman–Crippen LogP) is 1.79. The van der Waals surface area contributed by atoms with Crippen molar-refractivity contribution in [2.75, 3.05) is 13.6 Å². The van der Waals surface area contributed by atoms with Crippen molar-refractivity contribution >= 4 is 0 Å². The molecule has 0 aliphatic carbocycles. The van der Waals surface area contributed by atoms with Crippen LogP contribution < -0.4 is 5.73 Å². The molecule has 2 unspecified atom stereocenters. The maximum Gasteiger partial charge on any atom is 0.0538 e. The van der Waals surface area contributed by atoms with Crippen molar-refractivity contribution < 1.29 is 0 Å². The fourth-order valence-corrected chi connectivity index (χ4v) is 2.33. The van der Waals surface area contributed by atoms with Crippen molar-refractivity contribution in [2.24, 2.45) is 18.7 Å². The molecule has 0 fully saturated rings. The number of likely N-dealkylation sites (N-methyl/N-ethyl adjacent to an activating group) is 1. The smallest absolute Gasteiger partial charge is 0.0538 e. The van der Waals surface area contributed by atoms with Crippen molar-refractivity contribution in [2.45, 2.75) is 39.3 Å². The Labute approximate surface area is 105 Å². The fraction of sp³-hybridized carbons (Fsp3) is 0.769. The van der Waals surface area contributed by atoms with E-state index in [0.717, 1.165) is 13.0 Å². The number of hydrogen-bond acceptors (Lipinski definition) is 3. The molecule has 0 saturated heterocycles. The average molecular weight is 238 g/mol. The van der Waals surface area contributed by atoms with Crippen LogP contribution in [0.3, 0.4) is 0 Å². The molecule has 0 spiro atoms. The Morgan fingerprint density at radius 2 is 2.12 bits per heavy atom. The van der Waals surface area contributed by atoms with E-state index < -0.39 is 0 Å². The van der Waals surface area contributed by atoms with E-state index in [0.29, 0.717) is 5.92 Å². The lowest BCUT2D eigenvalue weighted by atomic mass is 9.98. The highest BCUT2D eigenvalue weighted by atomic mass is 15.2. The van der Waals surface area contributed by atoms with Crippen LogP contribution in [0.5, 0.6) is 0 Å². The molecule has 0 aromatic carbocycles. The minimum Gasteiger partial charge on any atom is -0.326 e. The number of nitrogens with zero attached hydrogens (tertiary/aromatic N) is 3. The second kappa shape index (κ2) is 6.17. The van der Waals surface area contributed by atoms with E-state index >= 15 is 0 Å². The topological polar surface area (TPSA) is 47.1 Å². The summed E-state index contributed by atoms with van der Waals surface area (Å²) in [4.78, 5) is 2.34. The first-order valence-electron chi connectivity index (χ1n) is 6.40. The molecule has 1 aromatic heterocycles. The Balaban J connectivity index is 2.87. The third kappa shape index (κ3) is 3.82. The summed E-state index contributed by atoms with van der Waals surface area (Å²) < 4.78 is 1.84. The lowest BCUT2D eigenvalue weighted by Gasteiger charge is -2.32. The largest absolute Gasteiger partial charge is 0.326 e. The molecule has 1 rings (SSSR count). The third-order valence-electron chi connectivity index (χ3n) is 3.07. The van der Waals surface area contributed by atoms with Gasteiger partial charge >= 0.3 is 0 Å². The molecule has 0 saturated carbocycles. The van der Waals surface area contributed by atoms with E-state index in [9.17, 15) is 0 Å². The van der Waals surface area contributed by atoms with Gasteiger partial charge in [0.05, 0.1) is 12.2 Å². The van der Waals surface area contributed by atoms with E-state index in [-0.39, 0.29) is 12.1 Å². The molecule has 0 bridgehead atoms. The summed E-state index contributed by atoms with van der Waals surface area (Å²) in [6.45, 7) is 7.65. The van der Waals surface area contributed by atoms with E-state index in [1.54, 1.807) is 0 Å². The molecule has 2 atom stereocenters. The molecule has 4 heteroatoms. The molecule has 0 amide bonds. The highest BCUT2D eigenvalue weighted by Crippen LogP contribution is 2.24. The molecule has 4 nitrogen and oxygen atoms in total. The van der Waals surface area contributed by atoms with Gasteiger partial charge in [-0.2, -0.15) is 5.10 Å². The van der Waals surface area contributed by atoms with Crippen LogP contribution in [-0.2, 0) is 7.05 Å². The minimum atomic E-state index is 0.156. The summed E-state index contributed by atoms with van der Waals surface area (Å²) in [6.07, 6.45) is 4.97. The van der Waals surface area contributed by atoms with E-state index in [4.69, 9.17) is 5.73 Å². The maximum absolute atomic E-state index is 6.26. The van der Waals surface area contributed by atoms with Gasteiger partial charge < -0.3 is 5.73 Å². The number of hydrogen-bond donors (Lipinski definition) is 1. The van der Waals surface area contributed by atoms with Gasteiger partial charge in [-0.05, 0) is 19.4 Å². The van der Waals surface area contributed by atoms with Crippen molar-refractivity contribution in [3.8, 4) is 0 Å². The van der Waals surface area contributed by atoms with E-state index in [1.165, 1.54) is 5.56 Å². The average Bonchev–Trinajstić information content (AvgIpc) is 2.63. The van der Waals surface area contributed by atoms with Crippen LogP contribution in [0.4, 0.5) is 0 Å². The van der Waals surface area contributed by atoms with Gasteiger partial charge in [-0.25, -0.2) is 0 Å². The Hall–Kier alpha value is -0.870. The van der Waals surface area contributed by atoms with Gasteiger partial charge in [0, 0.05) is 31.4 Å². The van der Waals surface area contributed by atoms with E-state index in [1.807, 2.05) is 17.9 Å². The molecule has 1 aromatic rings. The van der Waals surface area contributed by atoms with Gasteiger partial charge in [0.1, 0.15) is 0 Å². The van der Waals surface area contributed by atoms with Gasteiger partial charge in [-0.3, -0.25) is 9.58 Å². The minimum absolute atomic E-state index is 0.156. The van der Waals surface area contributed by atoms with Crippen LogP contribution in [0.1, 0.15) is 38.8 Å². The highest BCUT2D eigenvalue weighted by molar-refractivity contribution is 5.13. The van der Waals surface area contributed by atoms with Crippen molar-refractivity contribution in [1.82, 2.24) is 14.7 Å². The highest BCUT2D eigenvalue weighted by Gasteiger charge is 2.24. The lowest BCUT2D eigenvalue weighted by Crippen LogP contribution is -2.40. The fourth-order valence-electron chi connectivity index (χ4n) is 2.33. The van der Waals surface area contributed by atoms with Crippen LogP contribution in [0.25, 0.3) is 0 Å². The summed E-state index contributed by atoms with van der Waals surface area (Å²) in [5, 5.41) is 4.25. The van der Waals surface area contributed by atoms with Crippen LogP contribution in [0.2, 0.25) is 0 Å². The molecule has 0 aliphatic rings. The number of aryl methyl sites for hydroxylation is 1. The molecule has 98 valence electrons. The number of aromatic nitrogens is 2. The zero-order valence-corrected chi connectivity index (χ0v) is 11.7. The first-order chi connectivity index (χ1) is 7.95. The van der Waals surface area contributed by atoms with E-state index in [2.05, 4.69) is 44.0 Å². The van der Waals surface area contributed by atoms with Gasteiger partial charge in [-0.1, -0.05) is 20.8 Å². The molecule has 17 heavy (non-hydrogen) atoms. The zero-order valence-electron chi connectivity index (χ0n) is 11.7. The summed E-state index contributed by atoms with van der Waals surface area (Å²) in [7, 11) is 4.09. The van der Waals surface area contributed by atoms with Gasteiger partial charge in [0.25, 0.3) is 0 Å². The standard InChI is InChI=1S/C13H26N4/c1-6-12(14)13(16(4)8-10(2)3)11-7-15-17(5)9-11/h7,9-10,12-13H,6,8,14H2,1-5H3. The second-order valence-corrected chi connectivity index (χ2v) is 5.30. The Morgan fingerprint density at radius 1 is 1.47 bits per heavy atom. The zero-order chi connectivity index (χ0) is 13.0. The monoisotopic (exact) mass is 238 g/mol. The van der Waals surface area contributed by atoms with Crippen LogP contribution in [0, 0.1) is 5.92 Å². The molecule has 0 radical (unpaired) electrons.